The smallest absolute Gasteiger partial charge is 0.321 e. The Balaban J connectivity index is 0.000000737. The molecule has 0 saturated heterocycles. The minimum atomic E-state index is -0.732. The van der Waals surface area contributed by atoms with E-state index >= 15 is 0 Å². The number of nitrogens with one attached hydrogen (secondary N) is 5. The molecular formula is C28H45ClN8O2. The van der Waals surface area contributed by atoms with E-state index in [1.807, 2.05) is 74.4 Å². The molecule has 0 spiro atoms. The molecule has 216 valence electrons. The van der Waals surface area contributed by atoms with Gasteiger partial charge in [-0.05, 0) is 84.6 Å². The molecule has 0 heterocycles. The van der Waals surface area contributed by atoms with Crippen LogP contribution in [0.15, 0.2) is 24.3 Å². The summed E-state index contributed by atoms with van der Waals surface area (Å²) in [5, 5.41) is 23.4. The summed E-state index contributed by atoms with van der Waals surface area (Å²) in [7, 11) is 3.51. The van der Waals surface area contributed by atoms with E-state index in [0.29, 0.717) is 0 Å². The highest BCUT2D eigenvalue weighted by molar-refractivity contribution is 6.04. The van der Waals surface area contributed by atoms with Crippen LogP contribution >= 0.6 is 12.4 Å². The summed E-state index contributed by atoms with van der Waals surface area (Å²) in [6.45, 7) is 17.7. The minimum absolute atomic E-state index is 0. The third kappa shape index (κ3) is 10.8. The van der Waals surface area contributed by atoms with E-state index in [0.717, 1.165) is 33.6 Å². The molecule has 0 radical (unpaired) electrons. The molecule has 10 nitrogen and oxygen atoms in total. The molecule has 4 amide bonds. The lowest BCUT2D eigenvalue weighted by atomic mass is 10.0. The normalized spacial score (nSPS) is 10.2. The van der Waals surface area contributed by atoms with Gasteiger partial charge in [0.25, 0.3) is 0 Å². The van der Waals surface area contributed by atoms with Crippen LogP contribution in [0.25, 0.3) is 0 Å². The summed E-state index contributed by atoms with van der Waals surface area (Å²) in [5.41, 5.74) is 13.2. The van der Waals surface area contributed by atoms with Gasteiger partial charge < -0.3 is 20.9 Å². The van der Waals surface area contributed by atoms with Crippen LogP contribution in [0.4, 0.5) is 21.0 Å². The molecule has 0 aliphatic carbocycles. The number of aryl methyl sites for hydroxylation is 6. The molecule has 0 atom stereocenters. The Morgan fingerprint density at radius 3 is 1.31 bits per heavy atom. The second kappa shape index (κ2) is 14.4. The SMILES string of the molecule is Cc1cc(C)c(N(C)C(=N)NC(=O)NC(C)(C)C)c(C)c1.Cc1cc(C)c(N(C)C(=N)NC(N)=O)c(C)c1.Cl. The first-order chi connectivity index (χ1) is 17.3. The van der Waals surface area contributed by atoms with Gasteiger partial charge in [0.1, 0.15) is 0 Å². The van der Waals surface area contributed by atoms with Crippen molar-refractivity contribution in [1.29, 1.82) is 10.8 Å². The largest absolute Gasteiger partial charge is 0.351 e. The van der Waals surface area contributed by atoms with Crippen molar-refractivity contribution in [3.8, 4) is 0 Å². The second-order valence-corrected chi connectivity index (χ2v) is 10.6. The lowest BCUT2D eigenvalue weighted by Crippen LogP contribution is -2.51. The predicted molar refractivity (Wildman–Crippen MR) is 165 cm³/mol. The Morgan fingerprint density at radius 1 is 0.718 bits per heavy atom. The number of carbonyl (C=O) groups excluding carboxylic acids is 2. The number of hydrogen-bond donors (Lipinski definition) is 6. The summed E-state index contributed by atoms with van der Waals surface area (Å²) >= 11 is 0. The van der Waals surface area contributed by atoms with Gasteiger partial charge in [0, 0.05) is 31.0 Å². The third-order valence-corrected chi connectivity index (χ3v) is 5.57. The van der Waals surface area contributed by atoms with Gasteiger partial charge in [-0.3, -0.25) is 21.5 Å². The van der Waals surface area contributed by atoms with E-state index < -0.39 is 6.03 Å². The van der Waals surface area contributed by atoms with Crippen molar-refractivity contribution >= 4 is 47.8 Å². The number of primary amides is 1. The van der Waals surface area contributed by atoms with Crippen LogP contribution in [0.1, 0.15) is 54.2 Å². The average Bonchev–Trinajstić information content (AvgIpc) is 2.70. The Bertz CT molecular complexity index is 1170. The van der Waals surface area contributed by atoms with Crippen LogP contribution in [0, 0.1) is 52.4 Å². The van der Waals surface area contributed by atoms with E-state index in [1.54, 1.807) is 23.9 Å². The Kier molecular flexibility index (Phi) is 13.0. The number of nitrogens with two attached hydrogens (primary N) is 1. The molecule has 0 fully saturated rings. The molecule has 0 aliphatic heterocycles. The van der Waals surface area contributed by atoms with Gasteiger partial charge in [-0.15, -0.1) is 12.4 Å². The maximum Gasteiger partial charge on any atom is 0.321 e. The molecule has 11 heteroatoms. The van der Waals surface area contributed by atoms with Crippen molar-refractivity contribution < 1.29 is 9.59 Å². The number of hydrogen-bond acceptors (Lipinski definition) is 4. The van der Waals surface area contributed by atoms with Gasteiger partial charge in [-0.25, -0.2) is 9.59 Å². The molecule has 0 saturated carbocycles. The monoisotopic (exact) mass is 560 g/mol. The molecule has 0 unspecified atom stereocenters. The van der Waals surface area contributed by atoms with E-state index in [2.05, 4.69) is 28.1 Å². The lowest BCUT2D eigenvalue weighted by Gasteiger charge is -2.26. The van der Waals surface area contributed by atoms with E-state index in [-0.39, 0.29) is 35.9 Å². The summed E-state index contributed by atoms with van der Waals surface area (Å²) < 4.78 is 0. The first-order valence-corrected chi connectivity index (χ1v) is 12.3. The van der Waals surface area contributed by atoms with E-state index in [4.69, 9.17) is 16.6 Å². The van der Waals surface area contributed by atoms with Crippen molar-refractivity contribution in [3.05, 3.63) is 57.6 Å². The van der Waals surface area contributed by atoms with E-state index in [9.17, 15) is 9.59 Å². The number of benzene rings is 2. The first-order valence-electron chi connectivity index (χ1n) is 12.3. The van der Waals surface area contributed by atoms with Crippen LogP contribution in [0.5, 0.6) is 0 Å². The fraction of sp³-hybridized carbons (Fsp3) is 0.429. The molecule has 2 rings (SSSR count). The van der Waals surface area contributed by atoms with Crippen molar-refractivity contribution in [2.45, 2.75) is 67.9 Å². The third-order valence-electron chi connectivity index (χ3n) is 5.57. The Labute approximate surface area is 239 Å². The Hall–Kier alpha value is -3.79. The summed E-state index contributed by atoms with van der Waals surface area (Å²) in [5.74, 6) is 0.0133. The fourth-order valence-electron chi connectivity index (χ4n) is 4.39. The number of carbonyl (C=O) groups is 2. The molecular weight excluding hydrogens is 516 g/mol. The quantitative estimate of drug-likeness (QED) is 0.222. The van der Waals surface area contributed by atoms with Gasteiger partial charge in [-0.1, -0.05) is 35.4 Å². The number of nitrogens with zero attached hydrogens (tertiary/aromatic N) is 2. The maximum absolute atomic E-state index is 11.8. The van der Waals surface area contributed by atoms with Gasteiger partial charge in [-0.2, -0.15) is 0 Å². The first kappa shape index (κ1) is 35.2. The van der Waals surface area contributed by atoms with Crippen LogP contribution < -0.4 is 31.5 Å². The van der Waals surface area contributed by atoms with Crippen molar-refractivity contribution in [3.63, 3.8) is 0 Å². The van der Waals surface area contributed by atoms with Crippen molar-refractivity contribution in [2.24, 2.45) is 5.73 Å². The molecule has 2 aromatic carbocycles. The highest BCUT2D eigenvalue weighted by Gasteiger charge is 2.18. The van der Waals surface area contributed by atoms with Crippen LogP contribution in [0.2, 0.25) is 0 Å². The highest BCUT2D eigenvalue weighted by atomic mass is 35.5. The predicted octanol–water partition coefficient (Wildman–Crippen LogP) is 5.15. The molecule has 2 aromatic rings. The number of urea groups is 2. The molecule has 0 bridgehead atoms. The Morgan fingerprint density at radius 2 is 1.03 bits per heavy atom. The minimum Gasteiger partial charge on any atom is -0.351 e. The summed E-state index contributed by atoms with van der Waals surface area (Å²) in [6, 6.07) is 7.11. The molecule has 7 N–H and O–H groups in total. The zero-order valence-electron chi connectivity index (χ0n) is 25.0. The van der Waals surface area contributed by atoms with Gasteiger partial charge in [0.15, 0.2) is 0 Å². The number of halogens is 1. The molecule has 0 aromatic heterocycles. The standard InChI is InChI=1S/C16H26N4O.C12H18N4O.ClH/c1-10-8-11(2)13(12(3)9-10)20(7)14(17)18-15(21)19-16(4,5)6;1-7-5-8(2)10(9(3)6-7)16(4)11(13)15-12(14)17;/h8-9H,1-7H3,(H3,17,18,19,21);5-6H,1-4H3,(H4,13,14,15,17);1H. The number of anilines is 2. The lowest BCUT2D eigenvalue weighted by molar-refractivity contribution is 0.236. The fourth-order valence-corrected chi connectivity index (χ4v) is 4.39. The zero-order valence-corrected chi connectivity index (χ0v) is 25.8. The number of amides is 4. The number of guanidine groups is 2. The van der Waals surface area contributed by atoms with E-state index in [1.165, 1.54) is 11.1 Å². The van der Waals surface area contributed by atoms with Crippen LogP contribution in [-0.2, 0) is 0 Å². The molecule has 39 heavy (non-hydrogen) atoms. The maximum atomic E-state index is 11.8. The zero-order chi connectivity index (χ0) is 29.5. The summed E-state index contributed by atoms with van der Waals surface area (Å²) in [6.07, 6.45) is 0. The highest BCUT2D eigenvalue weighted by Crippen LogP contribution is 2.26. The second-order valence-electron chi connectivity index (χ2n) is 10.6. The summed E-state index contributed by atoms with van der Waals surface area (Å²) in [4.78, 5) is 25.8. The van der Waals surface area contributed by atoms with Gasteiger partial charge in [0.2, 0.25) is 11.9 Å². The average molecular weight is 561 g/mol. The topological polar surface area (TPSA) is 150 Å². The van der Waals surface area contributed by atoms with Gasteiger partial charge >= 0.3 is 12.1 Å². The number of rotatable bonds is 2. The van der Waals surface area contributed by atoms with Crippen LogP contribution in [0.3, 0.4) is 0 Å². The molecule has 0 aliphatic rings. The van der Waals surface area contributed by atoms with Crippen molar-refractivity contribution in [1.82, 2.24) is 16.0 Å². The van der Waals surface area contributed by atoms with Gasteiger partial charge in [0.05, 0.1) is 0 Å². The van der Waals surface area contributed by atoms with Crippen molar-refractivity contribution in [2.75, 3.05) is 23.9 Å². The van der Waals surface area contributed by atoms with Crippen LogP contribution in [-0.4, -0.2) is 43.6 Å².